The van der Waals surface area contributed by atoms with Crippen molar-refractivity contribution in [2.75, 3.05) is 7.05 Å². The Kier molecular flexibility index (Phi) is 5.21. The predicted molar refractivity (Wildman–Crippen MR) is 121 cm³/mol. The summed E-state index contributed by atoms with van der Waals surface area (Å²) in [4.78, 5) is 14.4. The lowest BCUT2D eigenvalue weighted by molar-refractivity contribution is 0.0776. The third-order valence-electron chi connectivity index (χ3n) is 5.33. The molecular weight excluding hydrogens is 402 g/mol. The van der Waals surface area contributed by atoms with Crippen LogP contribution in [0, 0.1) is 0 Å². The van der Waals surface area contributed by atoms with E-state index in [0.29, 0.717) is 30.2 Å². The SMILES string of the molecule is CN(Cc1cc(-c2ccccc2)on1)C(=O)c1cn(Cc2cccc3ccccc23)nn1. The molecule has 0 atom stereocenters. The molecule has 0 unspecified atom stereocenters. The minimum Gasteiger partial charge on any atom is -0.356 e. The third kappa shape index (κ3) is 4.00. The van der Waals surface area contributed by atoms with E-state index in [-0.39, 0.29) is 5.91 Å². The Morgan fingerprint density at radius 1 is 1.00 bits per heavy atom. The van der Waals surface area contributed by atoms with E-state index in [1.54, 1.807) is 22.8 Å². The average Bonchev–Trinajstić information content (AvgIpc) is 3.49. The van der Waals surface area contributed by atoms with Crippen molar-refractivity contribution in [3.8, 4) is 11.3 Å². The second-order valence-electron chi connectivity index (χ2n) is 7.65. The molecule has 0 fully saturated rings. The lowest BCUT2D eigenvalue weighted by Crippen LogP contribution is -2.26. The molecule has 0 aliphatic carbocycles. The van der Waals surface area contributed by atoms with Crippen LogP contribution in [0.4, 0.5) is 0 Å². The summed E-state index contributed by atoms with van der Waals surface area (Å²) in [6, 6.07) is 25.9. The first-order chi connectivity index (χ1) is 15.7. The van der Waals surface area contributed by atoms with E-state index in [1.165, 1.54) is 5.39 Å². The fraction of sp³-hybridized carbons (Fsp3) is 0.120. The van der Waals surface area contributed by atoms with Gasteiger partial charge in [0.25, 0.3) is 5.91 Å². The number of carbonyl (C=O) groups excluding carboxylic acids is 1. The molecule has 5 aromatic rings. The van der Waals surface area contributed by atoms with E-state index in [9.17, 15) is 4.79 Å². The first-order valence-corrected chi connectivity index (χ1v) is 10.3. The lowest BCUT2D eigenvalue weighted by atomic mass is 10.0. The van der Waals surface area contributed by atoms with Crippen LogP contribution in [0.2, 0.25) is 0 Å². The molecular formula is C25H21N5O2. The molecule has 3 aromatic carbocycles. The second kappa shape index (κ2) is 8.47. The van der Waals surface area contributed by atoms with E-state index in [1.807, 2.05) is 54.6 Å². The molecule has 7 heteroatoms. The fourth-order valence-corrected chi connectivity index (χ4v) is 3.71. The van der Waals surface area contributed by atoms with Crippen molar-refractivity contribution >= 4 is 16.7 Å². The fourth-order valence-electron chi connectivity index (χ4n) is 3.71. The molecule has 5 rings (SSSR count). The molecule has 158 valence electrons. The summed E-state index contributed by atoms with van der Waals surface area (Å²) in [6.45, 7) is 0.848. The van der Waals surface area contributed by atoms with Crippen molar-refractivity contribution in [2.24, 2.45) is 0 Å². The number of nitrogens with zero attached hydrogens (tertiary/aromatic N) is 5. The maximum Gasteiger partial charge on any atom is 0.276 e. The van der Waals surface area contributed by atoms with E-state index in [2.05, 4.69) is 39.7 Å². The topological polar surface area (TPSA) is 77.0 Å². The zero-order valence-corrected chi connectivity index (χ0v) is 17.5. The monoisotopic (exact) mass is 423 g/mol. The normalized spacial score (nSPS) is 11.0. The quantitative estimate of drug-likeness (QED) is 0.404. The maximum atomic E-state index is 12.9. The Labute approximate surface area is 184 Å². The number of rotatable bonds is 6. The summed E-state index contributed by atoms with van der Waals surface area (Å²) < 4.78 is 7.11. The largest absolute Gasteiger partial charge is 0.356 e. The summed E-state index contributed by atoms with van der Waals surface area (Å²) >= 11 is 0. The van der Waals surface area contributed by atoms with Crippen molar-refractivity contribution < 1.29 is 9.32 Å². The van der Waals surface area contributed by atoms with E-state index in [4.69, 9.17) is 4.52 Å². The predicted octanol–water partition coefficient (Wildman–Crippen LogP) is 4.41. The molecule has 0 aliphatic heterocycles. The molecule has 0 saturated heterocycles. The molecule has 0 bridgehead atoms. The van der Waals surface area contributed by atoms with Gasteiger partial charge in [-0.25, -0.2) is 4.68 Å². The van der Waals surface area contributed by atoms with Gasteiger partial charge in [-0.3, -0.25) is 4.79 Å². The maximum absolute atomic E-state index is 12.9. The van der Waals surface area contributed by atoms with E-state index < -0.39 is 0 Å². The van der Waals surface area contributed by atoms with Crippen LogP contribution in [0.15, 0.2) is 89.6 Å². The van der Waals surface area contributed by atoms with Crippen LogP contribution in [0.5, 0.6) is 0 Å². The van der Waals surface area contributed by atoms with Gasteiger partial charge in [-0.1, -0.05) is 83.2 Å². The molecule has 0 saturated carbocycles. The zero-order valence-electron chi connectivity index (χ0n) is 17.5. The standard InChI is InChI=1S/C25H21N5O2/c1-29(16-21-14-24(32-27-21)19-9-3-2-4-10-19)25(31)23-17-30(28-26-23)15-20-12-7-11-18-8-5-6-13-22(18)20/h2-14,17H,15-16H2,1H3. The zero-order chi connectivity index (χ0) is 21.9. The number of fused-ring (bicyclic) bond motifs is 1. The van der Waals surface area contributed by atoms with Crippen molar-refractivity contribution in [3.63, 3.8) is 0 Å². The molecule has 1 amide bonds. The number of hydrogen-bond donors (Lipinski definition) is 0. The van der Waals surface area contributed by atoms with Crippen molar-refractivity contribution in [1.29, 1.82) is 0 Å². The van der Waals surface area contributed by atoms with Crippen LogP contribution in [0.3, 0.4) is 0 Å². The summed E-state index contributed by atoms with van der Waals surface area (Å²) in [6.07, 6.45) is 1.68. The first kappa shape index (κ1) is 19.7. The number of amides is 1. The van der Waals surface area contributed by atoms with Crippen LogP contribution in [0.25, 0.3) is 22.1 Å². The van der Waals surface area contributed by atoms with Crippen molar-refractivity contribution in [1.82, 2.24) is 25.1 Å². The molecule has 0 radical (unpaired) electrons. The molecule has 32 heavy (non-hydrogen) atoms. The summed E-state index contributed by atoms with van der Waals surface area (Å²) in [5.41, 5.74) is 3.02. The van der Waals surface area contributed by atoms with E-state index in [0.717, 1.165) is 16.5 Å². The lowest BCUT2D eigenvalue weighted by Gasteiger charge is -2.13. The van der Waals surface area contributed by atoms with Crippen molar-refractivity contribution in [3.05, 3.63) is 102 Å². The summed E-state index contributed by atoms with van der Waals surface area (Å²) in [7, 11) is 1.71. The van der Waals surface area contributed by atoms with Crippen LogP contribution in [0.1, 0.15) is 21.7 Å². The number of hydrogen-bond acceptors (Lipinski definition) is 5. The first-order valence-electron chi connectivity index (χ1n) is 10.3. The highest BCUT2D eigenvalue weighted by Gasteiger charge is 2.18. The molecule has 0 spiro atoms. The number of benzene rings is 3. The molecule has 7 nitrogen and oxygen atoms in total. The van der Waals surface area contributed by atoms with Crippen LogP contribution in [-0.4, -0.2) is 38.0 Å². The van der Waals surface area contributed by atoms with Gasteiger partial charge < -0.3 is 9.42 Å². The molecule has 2 aromatic heterocycles. The number of carbonyl (C=O) groups is 1. The van der Waals surface area contributed by atoms with Gasteiger partial charge in [0.05, 0.1) is 19.3 Å². The third-order valence-corrected chi connectivity index (χ3v) is 5.33. The van der Waals surface area contributed by atoms with Crippen LogP contribution >= 0.6 is 0 Å². The van der Waals surface area contributed by atoms with Gasteiger partial charge in [-0.2, -0.15) is 0 Å². The summed E-state index contributed by atoms with van der Waals surface area (Å²) in [5, 5.41) is 14.7. The Balaban J connectivity index is 1.28. The van der Waals surface area contributed by atoms with Gasteiger partial charge in [0.2, 0.25) is 0 Å². The van der Waals surface area contributed by atoms with Gasteiger partial charge in [-0.15, -0.1) is 5.10 Å². The van der Waals surface area contributed by atoms with Gasteiger partial charge in [0, 0.05) is 18.7 Å². The van der Waals surface area contributed by atoms with Gasteiger partial charge >= 0.3 is 0 Å². The Hall–Kier alpha value is -4.26. The molecule has 0 N–H and O–H groups in total. The van der Waals surface area contributed by atoms with Gasteiger partial charge in [0.1, 0.15) is 5.69 Å². The van der Waals surface area contributed by atoms with Crippen molar-refractivity contribution in [2.45, 2.75) is 13.1 Å². The summed E-state index contributed by atoms with van der Waals surface area (Å²) in [5.74, 6) is 0.445. The highest BCUT2D eigenvalue weighted by molar-refractivity contribution is 5.91. The van der Waals surface area contributed by atoms with Crippen LogP contribution in [-0.2, 0) is 13.1 Å². The molecule has 0 aliphatic rings. The Bertz CT molecular complexity index is 1370. The van der Waals surface area contributed by atoms with E-state index >= 15 is 0 Å². The van der Waals surface area contributed by atoms with Gasteiger partial charge in [-0.05, 0) is 16.3 Å². The highest BCUT2D eigenvalue weighted by atomic mass is 16.5. The smallest absolute Gasteiger partial charge is 0.276 e. The van der Waals surface area contributed by atoms with Crippen LogP contribution < -0.4 is 0 Å². The molecule has 2 heterocycles. The Morgan fingerprint density at radius 2 is 1.78 bits per heavy atom. The second-order valence-corrected chi connectivity index (χ2v) is 7.65. The minimum atomic E-state index is -0.224. The average molecular weight is 423 g/mol. The Morgan fingerprint density at radius 3 is 2.66 bits per heavy atom. The minimum absolute atomic E-state index is 0.224. The van der Waals surface area contributed by atoms with Gasteiger partial charge in [0.15, 0.2) is 11.5 Å². The highest BCUT2D eigenvalue weighted by Crippen LogP contribution is 2.21. The number of aromatic nitrogens is 4.